The highest BCUT2D eigenvalue weighted by molar-refractivity contribution is 14.0. The predicted octanol–water partition coefficient (Wildman–Crippen LogP) is 3.96. The van der Waals surface area contributed by atoms with E-state index in [4.69, 9.17) is 4.74 Å². The van der Waals surface area contributed by atoms with Gasteiger partial charge in [0.15, 0.2) is 5.96 Å². The van der Waals surface area contributed by atoms with Crippen LogP contribution in [0.5, 0.6) is 5.75 Å². The number of aromatic nitrogens is 2. The van der Waals surface area contributed by atoms with Gasteiger partial charge in [0.05, 0.1) is 5.69 Å². The van der Waals surface area contributed by atoms with E-state index in [0.29, 0.717) is 13.2 Å². The highest BCUT2D eigenvalue weighted by Gasteiger charge is 2.04. The normalized spacial score (nSPS) is 10.8. The Morgan fingerprint density at radius 3 is 2.63 bits per heavy atom. The van der Waals surface area contributed by atoms with Crippen LogP contribution in [0.25, 0.3) is 5.69 Å². The fraction of sp³-hybridized carbons (Fsp3) is 0.217. The van der Waals surface area contributed by atoms with Crippen molar-refractivity contribution in [2.75, 3.05) is 20.2 Å². The van der Waals surface area contributed by atoms with Gasteiger partial charge in [-0.05, 0) is 36.2 Å². The molecule has 0 saturated carbocycles. The van der Waals surface area contributed by atoms with E-state index < -0.39 is 0 Å². The SMILES string of the molecule is C=CCOc1ccccc1CNC(=NC)NCCc1ccc(-n2cccn2)cc1.I. The number of para-hydroxylation sites is 1. The van der Waals surface area contributed by atoms with E-state index in [-0.39, 0.29) is 24.0 Å². The molecule has 158 valence electrons. The van der Waals surface area contributed by atoms with Crippen LogP contribution in [0.15, 0.2) is 84.6 Å². The molecule has 2 N–H and O–H groups in total. The molecule has 30 heavy (non-hydrogen) atoms. The van der Waals surface area contributed by atoms with E-state index >= 15 is 0 Å². The molecular formula is C23H28IN5O. The van der Waals surface area contributed by atoms with Crippen molar-refractivity contribution in [3.63, 3.8) is 0 Å². The van der Waals surface area contributed by atoms with Crippen LogP contribution in [-0.4, -0.2) is 35.9 Å². The van der Waals surface area contributed by atoms with Gasteiger partial charge in [-0.25, -0.2) is 4.68 Å². The number of guanidine groups is 1. The summed E-state index contributed by atoms with van der Waals surface area (Å²) < 4.78 is 7.55. The highest BCUT2D eigenvalue weighted by atomic mass is 127. The molecule has 0 amide bonds. The van der Waals surface area contributed by atoms with Crippen molar-refractivity contribution in [1.29, 1.82) is 0 Å². The zero-order valence-electron chi connectivity index (χ0n) is 17.1. The van der Waals surface area contributed by atoms with E-state index in [1.807, 2.05) is 41.2 Å². The second kappa shape index (κ2) is 12.7. The zero-order chi connectivity index (χ0) is 20.3. The van der Waals surface area contributed by atoms with E-state index in [1.165, 1.54) is 5.56 Å². The van der Waals surface area contributed by atoms with Crippen LogP contribution in [0.2, 0.25) is 0 Å². The number of halogens is 1. The summed E-state index contributed by atoms with van der Waals surface area (Å²) in [6.07, 6.45) is 6.36. The van der Waals surface area contributed by atoms with Gasteiger partial charge in [-0.3, -0.25) is 4.99 Å². The molecule has 0 fully saturated rings. The third kappa shape index (κ3) is 6.91. The first kappa shape index (κ1) is 23.5. The summed E-state index contributed by atoms with van der Waals surface area (Å²) >= 11 is 0. The van der Waals surface area contributed by atoms with Gasteiger partial charge in [0.25, 0.3) is 0 Å². The fourth-order valence-corrected chi connectivity index (χ4v) is 2.90. The highest BCUT2D eigenvalue weighted by Crippen LogP contribution is 2.17. The molecule has 3 aromatic rings. The number of aliphatic imine (C=N–C) groups is 1. The van der Waals surface area contributed by atoms with Gasteiger partial charge in [-0.15, -0.1) is 24.0 Å². The molecule has 0 aliphatic heterocycles. The Morgan fingerprint density at radius 2 is 1.93 bits per heavy atom. The molecule has 0 aliphatic rings. The summed E-state index contributed by atoms with van der Waals surface area (Å²) in [6.45, 7) is 5.60. The van der Waals surface area contributed by atoms with Crippen LogP contribution in [0.1, 0.15) is 11.1 Å². The molecule has 7 heteroatoms. The van der Waals surface area contributed by atoms with E-state index in [2.05, 4.69) is 51.6 Å². The van der Waals surface area contributed by atoms with Gasteiger partial charge < -0.3 is 15.4 Å². The third-order valence-electron chi connectivity index (χ3n) is 4.41. The lowest BCUT2D eigenvalue weighted by atomic mass is 10.1. The molecule has 3 rings (SSSR count). The monoisotopic (exact) mass is 517 g/mol. The lowest BCUT2D eigenvalue weighted by Crippen LogP contribution is -2.37. The molecule has 0 unspecified atom stereocenters. The van der Waals surface area contributed by atoms with E-state index in [9.17, 15) is 0 Å². The largest absolute Gasteiger partial charge is 0.489 e. The van der Waals surface area contributed by atoms with Crippen molar-refractivity contribution in [3.05, 3.63) is 90.8 Å². The molecule has 0 bridgehead atoms. The van der Waals surface area contributed by atoms with Crippen molar-refractivity contribution in [2.45, 2.75) is 13.0 Å². The minimum Gasteiger partial charge on any atom is -0.489 e. The maximum atomic E-state index is 5.70. The summed E-state index contributed by atoms with van der Waals surface area (Å²) in [7, 11) is 1.77. The number of rotatable bonds is 9. The van der Waals surface area contributed by atoms with E-state index in [1.54, 1.807) is 19.3 Å². The quantitative estimate of drug-likeness (QED) is 0.195. The van der Waals surface area contributed by atoms with Gasteiger partial charge in [0, 0.05) is 38.1 Å². The Hall–Kier alpha value is -2.81. The summed E-state index contributed by atoms with van der Waals surface area (Å²) in [4.78, 5) is 4.30. The molecule has 0 saturated heterocycles. The maximum absolute atomic E-state index is 5.70. The summed E-state index contributed by atoms with van der Waals surface area (Å²) in [5.41, 5.74) is 3.39. The summed E-state index contributed by atoms with van der Waals surface area (Å²) in [6, 6.07) is 18.3. The van der Waals surface area contributed by atoms with Crippen molar-refractivity contribution >= 4 is 29.9 Å². The Morgan fingerprint density at radius 1 is 1.13 bits per heavy atom. The minimum atomic E-state index is 0. The molecule has 0 atom stereocenters. The first-order valence-corrected chi connectivity index (χ1v) is 9.65. The second-order valence-corrected chi connectivity index (χ2v) is 6.43. The number of hydrogen-bond donors (Lipinski definition) is 2. The second-order valence-electron chi connectivity index (χ2n) is 6.43. The summed E-state index contributed by atoms with van der Waals surface area (Å²) in [5.74, 6) is 1.62. The first-order valence-electron chi connectivity index (χ1n) is 9.65. The Kier molecular flexibility index (Phi) is 9.93. The third-order valence-corrected chi connectivity index (χ3v) is 4.41. The van der Waals surface area contributed by atoms with Crippen molar-refractivity contribution < 1.29 is 4.74 Å². The van der Waals surface area contributed by atoms with Gasteiger partial charge in [0.2, 0.25) is 0 Å². The predicted molar refractivity (Wildman–Crippen MR) is 133 cm³/mol. The molecule has 0 spiro atoms. The smallest absolute Gasteiger partial charge is 0.191 e. The van der Waals surface area contributed by atoms with Crippen LogP contribution in [0.3, 0.4) is 0 Å². The topological polar surface area (TPSA) is 63.5 Å². The Bertz CT molecular complexity index is 923. The van der Waals surface area contributed by atoms with Crippen LogP contribution in [0.4, 0.5) is 0 Å². The molecule has 0 aliphatic carbocycles. The standard InChI is InChI=1S/C23H27N5O.HI/c1-3-17-29-22-8-5-4-7-20(22)18-26-23(24-2)25-15-13-19-9-11-21(12-10-19)28-16-6-14-27-28;/h3-12,14,16H,1,13,15,17-18H2,2H3,(H2,24,25,26);1H. The number of hydrogen-bond acceptors (Lipinski definition) is 3. The van der Waals surface area contributed by atoms with Gasteiger partial charge in [-0.1, -0.05) is 43.0 Å². The van der Waals surface area contributed by atoms with Crippen LogP contribution in [0, 0.1) is 0 Å². The Balaban J connectivity index is 0.00000320. The lowest BCUT2D eigenvalue weighted by Gasteiger charge is -2.14. The number of ether oxygens (including phenoxy) is 1. The molecule has 2 aromatic carbocycles. The van der Waals surface area contributed by atoms with Crippen LogP contribution >= 0.6 is 24.0 Å². The van der Waals surface area contributed by atoms with E-state index in [0.717, 1.165) is 35.9 Å². The average Bonchev–Trinajstić information content (AvgIpc) is 3.30. The number of benzene rings is 2. The number of nitrogens with one attached hydrogen (secondary N) is 2. The molecule has 1 heterocycles. The maximum Gasteiger partial charge on any atom is 0.191 e. The number of nitrogens with zero attached hydrogens (tertiary/aromatic N) is 3. The lowest BCUT2D eigenvalue weighted by molar-refractivity contribution is 0.358. The molecule has 1 aromatic heterocycles. The molecular weight excluding hydrogens is 489 g/mol. The van der Waals surface area contributed by atoms with Crippen LogP contribution in [-0.2, 0) is 13.0 Å². The fourth-order valence-electron chi connectivity index (χ4n) is 2.90. The first-order chi connectivity index (χ1) is 14.3. The zero-order valence-corrected chi connectivity index (χ0v) is 19.5. The van der Waals surface area contributed by atoms with Gasteiger partial charge >= 0.3 is 0 Å². The van der Waals surface area contributed by atoms with Crippen molar-refractivity contribution in [1.82, 2.24) is 20.4 Å². The Labute approximate surface area is 195 Å². The average molecular weight is 517 g/mol. The van der Waals surface area contributed by atoms with Gasteiger partial charge in [-0.2, -0.15) is 5.10 Å². The van der Waals surface area contributed by atoms with Crippen LogP contribution < -0.4 is 15.4 Å². The van der Waals surface area contributed by atoms with Gasteiger partial charge in [0.1, 0.15) is 12.4 Å². The molecule has 6 nitrogen and oxygen atoms in total. The van der Waals surface area contributed by atoms with Crippen molar-refractivity contribution in [3.8, 4) is 11.4 Å². The minimum absolute atomic E-state index is 0. The van der Waals surface area contributed by atoms with Crippen molar-refractivity contribution in [2.24, 2.45) is 4.99 Å². The summed E-state index contributed by atoms with van der Waals surface area (Å²) in [5, 5.41) is 10.9. The molecule has 0 radical (unpaired) electrons.